The van der Waals surface area contributed by atoms with Gasteiger partial charge in [0.2, 0.25) is 0 Å². The van der Waals surface area contributed by atoms with E-state index >= 15 is 0 Å². The van der Waals surface area contributed by atoms with Crippen molar-refractivity contribution >= 4 is 0 Å². The maximum atomic E-state index is 12.9. The molecule has 19 heavy (non-hydrogen) atoms. The SMILES string of the molecule is CC1CCC(C2(O)CCCC(C(F)(F)F)C2)CC1C. The summed E-state index contributed by atoms with van der Waals surface area (Å²) in [6.45, 7) is 4.36. The lowest BCUT2D eigenvalue weighted by molar-refractivity contribution is -0.209. The van der Waals surface area contributed by atoms with Gasteiger partial charge in [-0.2, -0.15) is 13.2 Å². The molecular weight excluding hydrogens is 253 g/mol. The number of alkyl halides is 3. The third-order valence-corrected chi connectivity index (χ3v) is 5.58. The molecule has 2 saturated carbocycles. The van der Waals surface area contributed by atoms with Gasteiger partial charge >= 0.3 is 6.18 Å². The lowest BCUT2D eigenvalue weighted by Gasteiger charge is -2.46. The Hall–Kier alpha value is -0.250. The number of hydrogen-bond donors (Lipinski definition) is 1. The van der Waals surface area contributed by atoms with Crippen LogP contribution >= 0.6 is 0 Å². The first-order valence-corrected chi connectivity index (χ1v) is 7.51. The first-order chi connectivity index (χ1) is 8.72. The molecule has 0 heterocycles. The number of halogens is 3. The van der Waals surface area contributed by atoms with Crippen molar-refractivity contribution in [2.24, 2.45) is 23.7 Å². The summed E-state index contributed by atoms with van der Waals surface area (Å²) in [5.41, 5.74) is -1.08. The van der Waals surface area contributed by atoms with Crippen LogP contribution in [0.4, 0.5) is 13.2 Å². The Morgan fingerprint density at radius 1 is 1.05 bits per heavy atom. The molecule has 0 bridgehead atoms. The van der Waals surface area contributed by atoms with Crippen LogP contribution in [0.5, 0.6) is 0 Å². The molecule has 1 nitrogen and oxygen atoms in total. The Kier molecular flexibility index (Phi) is 4.20. The highest BCUT2D eigenvalue weighted by molar-refractivity contribution is 4.96. The molecule has 2 rings (SSSR count). The highest BCUT2D eigenvalue weighted by Crippen LogP contribution is 2.49. The monoisotopic (exact) mass is 278 g/mol. The van der Waals surface area contributed by atoms with E-state index in [9.17, 15) is 18.3 Å². The average molecular weight is 278 g/mol. The zero-order chi connectivity index (χ0) is 14.3. The van der Waals surface area contributed by atoms with Gasteiger partial charge in [-0.1, -0.05) is 20.3 Å². The molecule has 0 spiro atoms. The Labute approximate surface area is 113 Å². The summed E-state index contributed by atoms with van der Waals surface area (Å²) in [7, 11) is 0. The van der Waals surface area contributed by atoms with Crippen molar-refractivity contribution in [2.75, 3.05) is 0 Å². The molecule has 0 aromatic rings. The van der Waals surface area contributed by atoms with Crippen molar-refractivity contribution in [1.82, 2.24) is 0 Å². The third-order valence-electron chi connectivity index (χ3n) is 5.58. The van der Waals surface area contributed by atoms with Crippen molar-refractivity contribution < 1.29 is 18.3 Å². The van der Waals surface area contributed by atoms with Gasteiger partial charge in [-0.25, -0.2) is 0 Å². The molecule has 0 amide bonds. The molecule has 0 aromatic heterocycles. The van der Waals surface area contributed by atoms with Gasteiger partial charge in [-0.05, 0) is 56.3 Å². The number of aliphatic hydroxyl groups is 1. The molecule has 1 N–H and O–H groups in total. The zero-order valence-electron chi connectivity index (χ0n) is 11.8. The van der Waals surface area contributed by atoms with Gasteiger partial charge in [0.1, 0.15) is 0 Å². The van der Waals surface area contributed by atoms with Gasteiger partial charge in [-0.15, -0.1) is 0 Å². The fraction of sp³-hybridized carbons (Fsp3) is 1.00. The molecule has 4 heteroatoms. The molecule has 5 unspecified atom stereocenters. The molecule has 0 saturated heterocycles. The van der Waals surface area contributed by atoms with Crippen LogP contribution in [0.1, 0.15) is 58.8 Å². The van der Waals surface area contributed by atoms with Gasteiger partial charge in [0.25, 0.3) is 0 Å². The Balaban J connectivity index is 2.05. The van der Waals surface area contributed by atoms with Gasteiger partial charge in [0, 0.05) is 0 Å². The summed E-state index contributed by atoms with van der Waals surface area (Å²) >= 11 is 0. The molecule has 0 radical (unpaired) electrons. The minimum absolute atomic E-state index is 0.0591. The second-order valence-electron chi connectivity index (χ2n) is 6.90. The number of hydrogen-bond acceptors (Lipinski definition) is 1. The van der Waals surface area contributed by atoms with Crippen LogP contribution in [0, 0.1) is 23.7 Å². The summed E-state index contributed by atoms with van der Waals surface area (Å²) < 4.78 is 38.6. The third kappa shape index (κ3) is 3.26. The van der Waals surface area contributed by atoms with Crippen molar-refractivity contribution in [2.45, 2.75) is 70.6 Å². The van der Waals surface area contributed by atoms with E-state index in [0.717, 1.165) is 19.3 Å². The number of rotatable bonds is 1. The predicted octanol–water partition coefficient (Wildman–Crippen LogP) is 4.54. The summed E-state index contributed by atoms with van der Waals surface area (Å²) in [4.78, 5) is 0. The second-order valence-corrected chi connectivity index (χ2v) is 6.90. The fourth-order valence-electron chi connectivity index (χ4n) is 3.97. The van der Waals surface area contributed by atoms with Crippen molar-refractivity contribution in [3.63, 3.8) is 0 Å². The summed E-state index contributed by atoms with van der Waals surface area (Å²) in [6, 6.07) is 0. The first kappa shape index (κ1) is 15.1. The molecule has 2 aliphatic rings. The molecule has 0 aliphatic heterocycles. The molecular formula is C15H25F3O. The van der Waals surface area contributed by atoms with E-state index in [1.807, 2.05) is 0 Å². The summed E-state index contributed by atoms with van der Waals surface area (Å²) in [6.07, 6.45) is -0.207. The lowest BCUT2D eigenvalue weighted by Crippen LogP contribution is -2.47. The molecule has 0 aromatic carbocycles. The van der Waals surface area contributed by atoms with Gasteiger partial charge in [0.15, 0.2) is 0 Å². The van der Waals surface area contributed by atoms with E-state index in [2.05, 4.69) is 13.8 Å². The maximum Gasteiger partial charge on any atom is 0.391 e. The molecule has 5 atom stereocenters. The first-order valence-electron chi connectivity index (χ1n) is 7.51. The quantitative estimate of drug-likeness (QED) is 0.746. The van der Waals surface area contributed by atoms with Crippen molar-refractivity contribution in [3.8, 4) is 0 Å². The summed E-state index contributed by atoms with van der Waals surface area (Å²) in [5, 5.41) is 10.7. The fourth-order valence-corrected chi connectivity index (χ4v) is 3.97. The van der Waals surface area contributed by atoms with Crippen LogP contribution in [0.25, 0.3) is 0 Å². The molecule has 2 fully saturated rings. The topological polar surface area (TPSA) is 20.2 Å². The van der Waals surface area contributed by atoms with E-state index < -0.39 is 17.7 Å². The van der Waals surface area contributed by atoms with Crippen LogP contribution in [0.15, 0.2) is 0 Å². The average Bonchev–Trinajstić information content (AvgIpc) is 2.31. The lowest BCUT2D eigenvalue weighted by atomic mass is 9.63. The maximum absolute atomic E-state index is 12.9. The molecule has 112 valence electrons. The van der Waals surface area contributed by atoms with Gasteiger partial charge in [0.05, 0.1) is 11.5 Å². The second kappa shape index (κ2) is 5.27. The van der Waals surface area contributed by atoms with E-state index in [0.29, 0.717) is 24.7 Å². The van der Waals surface area contributed by atoms with Gasteiger partial charge in [-0.3, -0.25) is 0 Å². The Bertz CT molecular complexity index is 315. The Morgan fingerprint density at radius 2 is 1.74 bits per heavy atom. The van der Waals surface area contributed by atoms with Gasteiger partial charge < -0.3 is 5.11 Å². The molecule has 2 aliphatic carbocycles. The summed E-state index contributed by atoms with van der Waals surface area (Å²) in [5.74, 6) is -0.111. The smallest absolute Gasteiger partial charge is 0.390 e. The highest BCUT2D eigenvalue weighted by atomic mass is 19.4. The zero-order valence-corrected chi connectivity index (χ0v) is 11.8. The van der Waals surface area contributed by atoms with Crippen LogP contribution in [-0.4, -0.2) is 16.9 Å². The highest BCUT2D eigenvalue weighted by Gasteiger charge is 2.50. The van der Waals surface area contributed by atoms with E-state index in [1.165, 1.54) is 0 Å². The van der Waals surface area contributed by atoms with E-state index in [4.69, 9.17) is 0 Å². The standard InChI is InChI=1S/C15H25F3O/c1-10-5-6-12(8-11(10)2)14(19)7-3-4-13(9-14)15(16,17)18/h10-13,19H,3-9H2,1-2H3. The Morgan fingerprint density at radius 3 is 2.32 bits per heavy atom. The van der Waals surface area contributed by atoms with E-state index in [-0.39, 0.29) is 18.8 Å². The minimum atomic E-state index is -4.15. The van der Waals surface area contributed by atoms with Crippen molar-refractivity contribution in [1.29, 1.82) is 0 Å². The predicted molar refractivity (Wildman–Crippen MR) is 68.6 cm³/mol. The van der Waals surface area contributed by atoms with Crippen LogP contribution in [0.2, 0.25) is 0 Å². The normalized spacial score (nSPS) is 45.2. The van der Waals surface area contributed by atoms with Crippen LogP contribution in [0.3, 0.4) is 0 Å². The van der Waals surface area contributed by atoms with Crippen molar-refractivity contribution in [3.05, 3.63) is 0 Å². The van der Waals surface area contributed by atoms with E-state index in [1.54, 1.807) is 0 Å². The van der Waals surface area contributed by atoms with Crippen LogP contribution in [-0.2, 0) is 0 Å². The largest absolute Gasteiger partial charge is 0.391 e. The minimum Gasteiger partial charge on any atom is -0.390 e. The van der Waals surface area contributed by atoms with Crippen LogP contribution < -0.4 is 0 Å².